The zero-order valence-electron chi connectivity index (χ0n) is 21.8. The molecule has 1 aromatic rings. The van der Waals surface area contributed by atoms with E-state index in [1.54, 1.807) is 0 Å². The molecule has 1 aliphatic rings. The van der Waals surface area contributed by atoms with E-state index in [1.807, 2.05) is 0 Å². The summed E-state index contributed by atoms with van der Waals surface area (Å²) in [6, 6.07) is 4.11. The molecule has 15 heteroatoms. The molecule has 0 aromatic heterocycles. The predicted molar refractivity (Wildman–Crippen MR) is 121 cm³/mol. The van der Waals surface area contributed by atoms with Gasteiger partial charge >= 0.3 is 41.8 Å². The molecule has 0 aliphatic heterocycles. The lowest BCUT2D eigenvalue weighted by molar-refractivity contribution is -0.440. The third kappa shape index (κ3) is 7.23. The molecule has 1 saturated carbocycles. The van der Waals surface area contributed by atoms with E-state index in [4.69, 9.17) is 4.74 Å². The Balaban J connectivity index is 2.01. The van der Waals surface area contributed by atoms with Gasteiger partial charge in [0.15, 0.2) is 0 Å². The number of carbonyl (C=O) groups is 1. The normalized spacial score (nSPS) is 19.8. The second kappa shape index (κ2) is 12.6. The number of carbonyl (C=O) groups excluding carboxylic acids is 1. The number of alkyl halides is 13. The van der Waals surface area contributed by atoms with Gasteiger partial charge in [0.05, 0.1) is 5.92 Å². The van der Waals surface area contributed by atoms with E-state index in [9.17, 15) is 61.9 Å². The second-order valence-electron chi connectivity index (χ2n) is 10.3. The molecule has 2 rings (SSSR count). The van der Waals surface area contributed by atoms with Crippen LogP contribution in [0, 0.1) is 11.8 Å². The van der Waals surface area contributed by atoms with Crippen LogP contribution in [-0.4, -0.2) is 41.8 Å². The fraction of sp³-hybridized carbons (Fsp3) is 0.731. The number of aryl methyl sites for hydroxylation is 1. The first kappa shape index (κ1) is 35.0. The van der Waals surface area contributed by atoms with E-state index >= 15 is 0 Å². The largest absolute Gasteiger partial charge is 0.460 e. The van der Waals surface area contributed by atoms with Crippen molar-refractivity contribution in [2.45, 2.75) is 107 Å². The lowest BCUT2D eigenvalue weighted by Crippen LogP contribution is -2.70. The number of ether oxygens (including phenoxy) is 1. The van der Waals surface area contributed by atoms with Gasteiger partial charge in [0.25, 0.3) is 0 Å². The molecule has 0 radical (unpaired) electrons. The average molecular weight is 620 g/mol. The second-order valence-corrected chi connectivity index (χ2v) is 10.3. The Morgan fingerprint density at radius 2 is 1.24 bits per heavy atom. The highest BCUT2D eigenvalue weighted by atomic mass is 19.4. The van der Waals surface area contributed by atoms with Crippen LogP contribution in [0.15, 0.2) is 24.3 Å². The van der Waals surface area contributed by atoms with Crippen LogP contribution in [0.2, 0.25) is 0 Å². The summed E-state index contributed by atoms with van der Waals surface area (Å²) in [5, 5.41) is 0. The third-order valence-corrected chi connectivity index (χ3v) is 7.26. The SMILES string of the molecule is CCCCCC1CCC(C(=O)Oc2ccc(CCC(F)(F)C(F)(F)C(F)(F)C(F)(F)C(F)(F)C(F)(F)F)cc2)CC1. The van der Waals surface area contributed by atoms with Gasteiger partial charge < -0.3 is 4.74 Å². The molecule has 0 bridgehead atoms. The highest BCUT2D eigenvalue weighted by Gasteiger charge is 2.90. The number of esters is 1. The number of halogens is 13. The summed E-state index contributed by atoms with van der Waals surface area (Å²) >= 11 is 0. The maximum Gasteiger partial charge on any atom is 0.460 e. The number of hydrogen-bond donors (Lipinski definition) is 0. The quantitative estimate of drug-likeness (QED) is 0.0951. The number of hydrogen-bond acceptors (Lipinski definition) is 2. The first-order valence-electron chi connectivity index (χ1n) is 12.9. The van der Waals surface area contributed by atoms with Crippen molar-refractivity contribution < 1.29 is 66.6 Å². The van der Waals surface area contributed by atoms with Crippen LogP contribution >= 0.6 is 0 Å². The van der Waals surface area contributed by atoms with Crippen molar-refractivity contribution in [3.63, 3.8) is 0 Å². The van der Waals surface area contributed by atoms with Gasteiger partial charge in [-0.15, -0.1) is 0 Å². The van der Waals surface area contributed by atoms with Crippen LogP contribution in [0.25, 0.3) is 0 Å². The number of rotatable bonds is 13. The van der Waals surface area contributed by atoms with E-state index in [-0.39, 0.29) is 17.2 Å². The van der Waals surface area contributed by atoms with Crippen molar-refractivity contribution in [3.8, 4) is 5.75 Å². The molecule has 1 fully saturated rings. The van der Waals surface area contributed by atoms with Crippen molar-refractivity contribution in [2.75, 3.05) is 0 Å². The van der Waals surface area contributed by atoms with E-state index in [1.165, 1.54) is 0 Å². The lowest BCUT2D eigenvalue weighted by atomic mass is 9.80. The maximum absolute atomic E-state index is 14.0. The van der Waals surface area contributed by atoms with E-state index < -0.39 is 54.6 Å². The molecule has 0 heterocycles. The van der Waals surface area contributed by atoms with Crippen molar-refractivity contribution >= 4 is 5.97 Å². The van der Waals surface area contributed by atoms with Gasteiger partial charge in [-0.25, -0.2) is 0 Å². The Kier molecular flexibility index (Phi) is 10.7. The lowest BCUT2D eigenvalue weighted by Gasteiger charge is -2.39. The molecule has 0 atom stereocenters. The number of unbranched alkanes of at least 4 members (excludes halogenated alkanes) is 2. The van der Waals surface area contributed by atoms with Crippen LogP contribution in [0.1, 0.15) is 70.3 Å². The summed E-state index contributed by atoms with van der Waals surface area (Å²) in [7, 11) is 0. The molecule has 236 valence electrons. The first-order chi connectivity index (χ1) is 18.6. The van der Waals surface area contributed by atoms with Crippen LogP contribution in [0.3, 0.4) is 0 Å². The van der Waals surface area contributed by atoms with Crippen molar-refractivity contribution in [2.24, 2.45) is 11.8 Å². The van der Waals surface area contributed by atoms with Crippen molar-refractivity contribution in [1.82, 2.24) is 0 Å². The van der Waals surface area contributed by atoms with E-state index in [0.29, 0.717) is 18.8 Å². The van der Waals surface area contributed by atoms with Crippen molar-refractivity contribution in [3.05, 3.63) is 29.8 Å². The van der Waals surface area contributed by atoms with E-state index in [0.717, 1.165) is 62.8 Å². The third-order valence-electron chi connectivity index (χ3n) is 7.26. The fourth-order valence-electron chi connectivity index (χ4n) is 4.55. The Labute approximate surface area is 227 Å². The zero-order valence-corrected chi connectivity index (χ0v) is 21.8. The maximum atomic E-state index is 14.0. The summed E-state index contributed by atoms with van der Waals surface area (Å²) in [5.74, 6) is -37.4. The smallest absolute Gasteiger partial charge is 0.426 e. The van der Waals surface area contributed by atoms with Gasteiger partial charge in [0.2, 0.25) is 0 Å². The molecule has 0 N–H and O–H groups in total. The van der Waals surface area contributed by atoms with Crippen molar-refractivity contribution in [1.29, 1.82) is 0 Å². The van der Waals surface area contributed by atoms with Crippen LogP contribution in [0.5, 0.6) is 5.75 Å². The van der Waals surface area contributed by atoms with Crippen LogP contribution < -0.4 is 4.74 Å². The minimum absolute atomic E-state index is 0.0542. The van der Waals surface area contributed by atoms with Gasteiger partial charge in [-0.05, 0) is 55.7 Å². The topological polar surface area (TPSA) is 26.3 Å². The summed E-state index contributed by atoms with van der Waals surface area (Å²) < 4.78 is 177. The zero-order chi connectivity index (χ0) is 31.5. The van der Waals surface area contributed by atoms with Gasteiger partial charge in [0.1, 0.15) is 5.75 Å². The molecule has 0 amide bonds. The van der Waals surface area contributed by atoms with Gasteiger partial charge in [-0.3, -0.25) is 4.79 Å². The molecule has 0 saturated heterocycles. The minimum Gasteiger partial charge on any atom is -0.426 e. The molecular formula is C26H29F13O2. The molecule has 0 unspecified atom stereocenters. The molecule has 41 heavy (non-hydrogen) atoms. The molecule has 0 spiro atoms. The Hall–Kier alpha value is -2.22. The summed E-state index contributed by atoms with van der Waals surface area (Å²) in [5.41, 5.74) is -0.261. The summed E-state index contributed by atoms with van der Waals surface area (Å²) in [4.78, 5) is 12.4. The van der Waals surface area contributed by atoms with Gasteiger partial charge in [-0.1, -0.05) is 44.7 Å². The highest BCUT2D eigenvalue weighted by Crippen LogP contribution is 2.60. The Morgan fingerprint density at radius 1 is 0.732 bits per heavy atom. The average Bonchev–Trinajstić information content (AvgIpc) is 2.87. The summed E-state index contributed by atoms with van der Waals surface area (Å²) in [6.45, 7) is 2.09. The monoisotopic (exact) mass is 620 g/mol. The van der Waals surface area contributed by atoms with Gasteiger partial charge in [0, 0.05) is 6.42 Å². The van der Waals surface area contributed by atoms with Gasteiger partial charge in [-0.2, -0.15) is 57.1 Å². The minimum atomic E-state index is -7.91. The number of benzene rings is 1. The van der Waals surface area contributed by atoms with Crippen LogP contribution in [-0.2, 0) is 11.2 Å². The fourth-order valence-corrected chi connectivity index (χ4v) is 4.55. The Bertz CT molecular complexity index is 996. The first-order valence-corrected chi connectivity index (χ1v) is 12.9. The van der Waals surface area contributed by atoms with Crippen LogP contribution in [0.4, 0.5) is 57.1 Å². The molecule has 2 nitrogen and oxygen atoms in total. The molecule has 1 aliphatic carbocycles. The highest BCUT2D eigenvalue weighted by molar-refractivity contribution is 5.75. The Morgan fingerprint density at radius 3 is 1.73 bits per heavy atom. The summed E-state index contributed by atoms with van der Waals surface area (Å²) in [6.07, 6.45) is -3.65. The molecule has 1 aromatic carbocycles. The standard InChI is InChI=1S/C26H29F13O2/c1-2-3-4-5-16-6-10-18(11-7-16)20(40)41-19-12-8-17(9-13-19)14-15-21(27,28)22(29,30)23(31,32)24(33,34)25(35,36)26(37,38)39/h8-9,12-13,16,18H,2-7,10-11,14-15H2,1H3. The molecular weight excluding hydrogens is 591 g/mol. The van der Waals surface area contributed by atoms with E-state index in [2.05, 4.69) is 6.92 Å². The predicted octanol–water partition coefficient (Wildman–Crippen LogP) is 9.65.